The molecular weight excluding hydrogens is 907 g/mol. The third-order valence-corrected chi connectivity index (χ3v) is 10.8. The number of amides is 1. The summed E-state index contributed by atoms with van der Waals surface area (Å²) >= 11 is 2.20. The number of carbonyl (C=O) groups is 2. The average molecular weight is 950 g/mol. The number of phosphoric ester groups is 2. The van der Waals surface area contributed by atoms with Crippen LogP contribution in [0.1, 0.15) is 58.9 Å². The summed E-state index contributed by atoms with van der Waals surface area (Å²) in [6.45, 7) is 3.18. The number of hydrogen-bond donors (Lipinski definition) is 6. The molecule has 5 heterocycles. The zero-order valence-electron chi connectivity index (χ0n) is 32.0. The molecule has 2 aliphatic rings. The van der Waals surface area contributed by atoms with Gasteiger partial charge in [0.2, 0.25) is 0 Å². The van der Waals surface area contributed by atoms with E-state index in [-0.39, 0.29) is 37.3 Å². The van der Waals surface area contributed by atoms with Crippen LogP contribution in [-0.2, 0) is 46.4 Å². The van der Waals surface area contributed by atoms with Crippen molar-refractivity contribution in [1.82, 2.24) is 34.4 Å². The zero-order chi connectivity index (χ0) is 44.0. The van der Waals surface area contributed by atoms with Crippen LogP contribution in [0.4, 0.5) is 10.6 Å². The number of nitrogens with one attached hydrogen (secondary N) is 1. The summed E-state index contributed by atoms with van der Waals surface area (Å²) in [5.41, 5.74) is 12.9. The van der Waals surface area contributed by atoms with Crippen LogP contribution in [0.2, 0.25) is 0 Å². The zero-order valence-corrected chi connectivity index (χ0v) is 35.7. The van der Waals surface area contributed by atoms with E-state index in [1.54, 1.807) is 20.8 Å². The van der Waals surface area contributed by atoms with E-state index in [9.17, 15) is 43.3 Å². The van der Waals surface area contributed by atoms with Crippen molar-refractivity contribution in [3.8, 4) is 0 Å². The van der Waals surface area contributed by atoms with Gasteiger partial charge < -0.3 is 25.0 Å². The summed E-state index contributed by atoms with van der Waals surface area (Å²) in [4.78, 5) is 87.4. The van der Waals surface area contributed by atoms with E-state index in [4.69, 9.17) is 39.3 Å². The van der Waals surface area contributed by atoms with Gasteiger partial charge in [0.1, 0.15) is 23.8 Å². The van der Waals surface area contributed by atoms with Gasteiger partial charge in [0.05, 0.1) is 6.61 Å². The molecule has 5 rings (SSSR count). The maximum absolute atomic E-state index is 13.8. The number of hydrogen-bond acceptors (Lipinski definition) is 19. The molecule has 328 valence electrons. The molecule has 60 heavy (non-hydrogen) atoms. The number of fused-ring (bicyclic) bond motifs is 1. The van der Waals surface area contributed by atoms with Gasteiger partial charge in [-0.05, 0) is 38.8 Å². The summed E-state index contributed by atoms with van der Waals surface area (Å²) in [6.07, 6.45) is -7.45. The van der Waals surface area contributed by atoms with Crippen molar-refractivity contribution in [2.24, 2.45) is 5.11 Å². The minimum atomic E-state index is -5.23. The second kappa shape index (κ2) is 19.8. The Morgan fingerprint density at radius 2 is 1.87 bits per heavy atom. The van der Waals surface area contributed by atoms with E-state index < -0.39 is 101 Å². The molecule has 7 N–H and O–H groups in total. The first-order valence-corrected chi connectivity index (χ1v) is 21.9. The minimum absolute atomic E-state index is 0.0243. The molecule has 1 amide bonds. The van der Waals surface area contributed by atoms with Crippen molar-refractivity contribution in [3.05, 3.63) is 45.8 Å². The molecule has 0 saturated carbocycles. The van der Waals surface area contributed by atoms with Crippen LogP contribution in [0, 0.1) is 0 Å². The van der Waals surface area contributed by atoms with E-state index in [1.165, 1.54) is 29.5 Å². The molecule has 2 saturated heterocycles. The number of nitrogens with zero attached hydrogens (tertiary/aromatic N) is 9. The molecule has 30 heteroatoms. The van der Waals surface area contributed by atoms with Crippen LogP contribution in [0.25, 0.3) is 21.6 Å². The van der Waals surface area contributed by atoms with Gasteiger partial charge in [0, 0.05) is 24.1 Å². The van der Waals surface area contributed by atoms with E-state index in [0.29, 0.717) is 16.4 Å². The number of nitrogens with two attached hydrogens (primary N) is 1. The van der Waals surface area contributed by atoms with E-state index >= 15 is 0 Å². The fourth-order valence-electron chi connectivity index (χ4n) is 6.06. The number of phosphoric acid groups is 2. The topological polar surface area (TPSA) is 379 Å². The molecule has 0 bridgehead atoms. The van der Waals surface area contributed by atoms with Crippen molar-refractivity contribution in [3.63, 3.8) is 0 Å². The normalized spacial score (nSPS) is 24.7. The molecule has 0 spiro atoms. The van der Waals surface area contributed by atoms with Crippen molar-refractivity contribution in [1.29, 1.82) is 0 Å². The fraction of sp³-hybridized carbons (Fsp3) is 0.633. The number of esters is 1. The minimum Gasteiger partial charge on any atom is -0.383 e. The summed E-state index contributed by atoms with van der Waals surface area (Å²) < 4.78 is 65.8. The van der Waals surface area contributed by atoms with Crippen LogP contribution >= 0.6 is 15.6 Å². The average Bonchev–Trinajstić information content (AvgIpc) is 3.83. The van der Waals surface area contributed by atoms with Gasteiger partial charge in [0.15, 0.2) is 0 Å². The number of ether oxygens (including phenoxy) is 4. The van der Waals surface area contributed by atoms with Gasteiger partial charge in [0.25, 0.3) is 0 Å². The first-order chi connectivity index (χ1) is 28.1. The number of carbonyl (C=O) groups excluding carboxylic acids is 2. The van der Waals surface area contributed by atoms with E-state index in [2.05, 4.69) is 56.7 Å². The standard InChI is InChI=1S/C30H42AsN11O16P2/c1-30(2,3)57-29(46)38-15(6-4-5-8-37-40-33)27(44)56-23-18(55-26(22(23)43)42-14-36-21-24(31)34-13-35-25(21)42)12-53-60(50,51)58-16-10-20(41-9-7-19(32)39-28(41)45)54-17(16)11-52-59(47,48)49/h7,9,13-18,20,22-23,26,43H,4-6,8,10-12H2,1-3H3,(H,38,46)(H,50,51)(H2,32,39,45)(H2,47,48,49)/t15?,16-,17+,18-,20+,22+,23+,26+/m0/s1. The fourth-order valence-corrected chi connectivity index (χ4v) is 7.80. The van der Waals surface area contributed by atoms with E-state index in [1.807, 2.05) is 0 Å². The number of azide groups is 1. The number of nitrogen functional groups attached to an aromatic ring is 1. The smallest absolute Gasteiger partial charge is 0.383 e. The van der Waals surface area contributed by atoms with Crippen LogP contribution in [0.5, 0.6) is 0 Å². The molecule has 2 radical (unpaired) electrons. The predicted octanol–water partition coefficient (Wildman–Crippen LogP) is -0.0978. The Hall–Kier alpha value is -4.06. The van der Waals surface area contributed by atoms with E-state index in [0.717, 1.165) is 4.57 Å². The Morgan fingerprint density at radius 3 is 2.55 bits per heavy atom. The number of unbranched alkanes of at least 4 members (excludes halogenated alkanes) is 1. The molecule has 2 unspecified atom stereocenters. The van der Waals surface area contributed by atoms with Crippen LogP contribution in [-0.4, -0.2) is 140 Å². The maximum atomic E-state index is 13.8. The second-order valence-corrected chi connectivity index (χ2v) is 17.8. The van der Waals surface area contributed by atoms with Crippen molar-refractivity contribution < 1.29 is 71.0 Å². The molecule has 9 atom stereocenters. The van der Waals surface area contributed by atoms with Crippen LogP contribution < -0.4 is 21.2 Å². The van der Waals surface area contributed by atoms with Crippen molar-refractivity contribution >= 4 is 66.0 Å². The van der Waals surface area contributed by atoms with Gasteiger partial charge in [-0.15, -0.1) is 0 Å². The van der Waals surface area contributed by atoms with Crippen LogP contribution in [0.15, 0.2) is 34.8 Å². The molecule has 0 aromatic carbocycles. The third kappa shape index (κ3) is 12.7. The number of alkyl carbamates (subject to hydrolysis) is 1. The number of aliphatic hydroxyl groups excluding tert-OH is 1. The molecular formula is C30H42AsN11O16P2. The predicted molar refractivity (Wildman–Crippen MR) is 202 cm³/mol. The monoisotopic (exact) mass is 949 g/mol. The molecule has 3 aromatic heterocycles. The molecule has 3 aromatic rings. The SMILES string of the molecule is CC(C)(C)OC(=O)NC(CCCCN=[N+]=[N-])C(=O)O[C@H]1[C@@H](O)[C@H](n2cnc3c([As])ncnc32)O[C@H]1COP(=O)(O)O[C@H]1C[C@H](n2ccc(N)nc2=O)O[C@@H]1COP(=O)(O)O. The van der Waals surface area contributed by atoms with Gasteiger partial charge in [-0.1, -0.05) is 5.11 Å². The molecule has 2 aliphatic heterocycles. The summed E-state index contributed by atoms with van der Waals surface area (Å²) in [5.74, 6) is -1.17. The molecule has 27 nitrogen and oxygen atoms in total. The second-order valence-electron chi connectivity index (χ2n) is 14.2. The number of aliphatic hydroxyl groups is 1. The molecule has 0 aliphatic carbocycles. The number of aromatic nitrogens is 6. The van der Waals surface area contributed by atoms with Gasteiger partial charge in [-0.3, -0.25) is 9.09 Å². The number of imidazole rings is 1. The van der Waals surface area contributed by atoms with Gasteiger partial charge >= 0.3 is 197 Å². The summed E-state index contributed by atoms with van der Waals surface area (Å²) in [6, 6.07) is -0.0892. The summed E-state index contributed by atoms with van der Waals surface area (Å²) in [7, 11) is -10.3. The molecule has 2 fully saturated rings. The number of rotatable bonds is 18. The first kappa shape index (κ1) is 47.0. The van der Waals surface area contributed by atoms with Gasteiger partial charge in [-0.25, -0.2) is 14.2 Å². The van der Waals surface area contributed by atoms with Crippen molar-refractivity contribution in [2.45, 2.75) is 101 Å². The van der Waals surface area contributed by atoms with Crippen LogP contribution in [0.3, 0.4) is 0 Å². The third-order valence-electron chi connectivity index (χ3n) is 8.63. The first-order valence-electron chi connectivity index (χ1n) is 17.9. The van der Waals surface area contributed by atoms with Gasteiger partial charge in [-0.2, -0.15) is 4.98 Å². The summed E-state index contributed by atoms with van der Waals surface area (Å²) in [5, 5.41) is 17.5. The van der Waals surface area contributed by atoms with Crippen molar-refractivity contribution in [2.75, 3.05) is 25.5 Å². The Labute approximate surface area is 348 Å². The Bertz CT molecular complexity index is 2220. The Morgan fingerprint density at radius 1 is 1.13 bits per heavy atom. The Kier molecular flexibility index (Phi) is 15.5. The Balaban J connectivity index is 1.37. The number of anilines is 1. The quantitative estimate of drug-likeness (QED) is 0.0184.